The third-order valence-electron chi connectivity index (χ3n) is 3.14. The molecular formula is C11H24N4. The van der Waals surface area contributed by atoms with E-state index in [9.17, 15) is 0 Å². The average Bonchev–Trinajstić information content (AvgIpc) is 2.53. The molecule has 0 heterocycles. The number of hydrogen-bond acceptors (Lipinski definition) is 2. The normalized spacial score (nSPS) is 19.8. The van der Waals surface area contributed by atoms with Crippen LogP contribution in [0.3, 0.4) is 0 Å². The lowest BCUT2D eigenvalue weighted by atomic mass is 10.1. The molecule has 1 fully saturated rings. The molecule has 88 valence electrons. The van der Waals surface area contributed by atoms with Gasteiger partial charge in [0.15, 0.2) is 0 Å². The minimum Gasteiger partial charge on any atom is -0.342 e. The molecule has 1 aliphatic rings. The van der Waals surface area contributed by atoms with E-state index in [1.807, 2.05) is 6.92 Å². The Morgan fingerprint density at radius 1 is 1.33 bits per heavy atom. The summed E-state index contributed by atoms with van der Waals surface area (Å²) in [5, 5.41) is 0. The number of guanidine groups is 1. The van der Waals surface area contributed by atoms with Crippen molar-refractivity contribution in [2.45, 2.75) is 51.5 Å². The van der Waals surface area contributed by atoms with Crippen molar-refractivity contribution < 1.29 is 0 Å². The van der Waals surface area contributed by atoms with Crippen LogP contribution >= 0.6 is 0 Å². The third-order valence-corrected chi connectivity index (χ3v) is 3.14. The molecule has 0 aromatic heterocycles. The van der Waals surface area contributed by atoms with Crippen LogP contribution in [0.4, 0.5) is 0 Å². The van der Waals surface area contributed by atoms with Crippen LogP contribution in [0, 0.1) is 0 Å². The second-order valence-electron chi connectivity index (χ2n) is 4.20. The number of nitrogens with one attached hydrogen (secondary N) is 1. The molecule has 1 rings (SSSR count). The van der Waals surface area contributed by atoms with Crippen molar-refractivity contribution >= 4 is 5.96 Å². The van der Waals surface area contributed by atoms with Gasteiger partial charge in [0, 0.05) is 19.6 Å². The molecule has 4 heteroatoms. The first-order chi connectivity index (χ1) is 7.29. The fraction of sp³-hybridized carbons (Fsp3) is 0.909. The second-order valence-corrected chi connectivity index (χ2v) is 4.20. The summed E-state index contributed by atoms with van der Waals surface area (Å²) in [6.07, 6.45) is 7.95. The highest BCUT2D eigenvalue weighted by atomic mass is 15.4. The smallest absolute Gasteiger partial charge is 0.208 e. The molecule has 0 atom stereocenters. The Kier molecular flexibility index (Phi) is 5.47. The maximum Gasteiger partial charge on any atom is 0.208 e. The topological polar surface area (TPSA) is 53.6 Å². The van der Waals surface area contributed by atoms with E-state index in [2.05, 4.69) is 22.4 Å². The molecule has 0 amide bonds. The summed E-state index contributed by atoms with van der Waals surface area (Å²) in [5.74, 6) is 6.31. The average molecular weight is 212 g/mol. The zero-order chi connectivity index (χ0) is 11.1. The van der Waals surface area contributed by atoms with Crippen molar-refractivity contribution in [2.24, 2.45) is 10.8 Å². The number of hydrogen-bond donors (Lipinski definition) is 2. The zero-order valence-electron chi connectivity index (χ0n) is 10.00. The van der Waals surface area contributed by atoms with Gasteiger partial charge >= 0.3 is 0 Å². The van der Waals surface area contributed by atoms with Gasteiger partial charge in [-0.05, 0) is 19.8 Å². The summed E-state index contributed by atoms with van der Waals surface area (Å²) in [7, 11) is 2.09. The van der Waals surface area contributed by atoms with E-state index in [-0.39, 0.29) is 0 Å². The lowest BCUT2D eigenvalue weighted by Crippen LogP contribution is -2.47. The van der Waals surface area contributed by atoms with Crippen molar-refractivity contribution in [3.8, 4) is 0 Å². The molecule has 1 saturated carbocycles. The standard InChI is InChI=1S/C11H24N4/c1-3-13-11(14-12)15(2)10-8-6-4-5-7-9-10/h10H,3-9,12H2,1-2H3,(H,13,14). The maximum atomic E-state index is 5.48. The highest BCUT2D eigenvalue weighted by Gasteiger charge is 2.18. The summed E-state index contributed by atoms with van der Waals surface area (Å²) in [6.45, 7) is 2.80. The first-order valence-corrected chi connectivity index (χ1v) is 6.03. The van der Waals surface area contributed by atoms with Crippen LogP contribution in [0.5, 0.6) is 0 Å². The van der Waals surface area contributed by atoms with Crippen molar-refractivity contribution in [2.75, 3.05) is 13.6 Å². The monoisotopic (exact) mass is 212 g/mol. The molecule has 15 heavy (non-hydrogen) atoms. The van der Waals surface area contributed by atoms with E-state index in [4.69, 9.17) is 5.84 Å². The van der Waals surface area contributed by atoms with Crippen LogP contribution in [-0.2, 0) is 0 Å². The van der Waals surface area contributed by atoms with Crippen molar-refractivity contribution in [3.05, 3.63) is 0 Å². The van der Waals surface area contributed by atoms with Gasteiger partial charge in [-0.1, -0.05) is 25.7 Å². The molecule has 0 saturated heterocycles. The molecule has 0 unspecified atom stereocenters. The van der Waals surface area contributed by atoms with Crippen LogP contribution in [0.25, 0.3) is 0 Å². The van der Waals surface area contributed by atoms with E-state index in [0.29, 0.717) is 6.04 Å². The van der Waals surface area contributed by atoms with E-state index in [1.165, 1.54) is 38.5 Å². The lowest BCUT2D eigenvalue weighted by Gasteiger charge is -2.29. The SMILES string of the molecule is CCN=C(NN)N(C)C1CCCCCC1. The summed E-state index contributed by atoms with van der Waals surface area (Å²) in [4.78, 5) is 6.56. The van der Waals surface area contributed by atoms with E-state index >= 15 is 0 Å². The minimum absolute atomic E-state index is 0.605. The molecule has 3 N–H and O–H groups in total. The van der Waals surface area contributed by atoms with E-state index in [0.717, 1.165) is 12.5 Å². The van der Waals surface area contributed by atoms with E-state index < -0.39 is 0 Å². The minimum atomic E-state index is 0.605. The molecule has 0 aromatic carbocycles. The number of hydrazine groups is 1. The van der Waals surface area contributed by atoms with Crippen LogP contribution in [0.1, 0.15) is 45.4 Å². The Bertz CT molecular complexity index is 195. The van der Waals surface area contributed by atoms with Gasteiger partial charge < -0.3 is 4.90 Å². The Morgan fingerprint density at radius 3 is 2.40 bits per heavy atom. The number of aliphatic imine (C=N–C) groups is 1. The van der Waals surface area contributed by atoms with Crippen LogP contribution in [0.2, 0.25) is 0 Å². The number of nitrogens with zero attached hydrogens (tertiary/aromatic N) is 2. The predicted octanol–water partition coefficient (Wildman–Crippen LogP) is 1.48. The van der Waals surface area contributed by atoms with Gasteiger partial charge in [0.2, 0.25) is 5.96 Å². The molecule has 0 aromatic rings. The van der Waals surface area contributed by atoms with Crippen LogP contribution < -0.4 is 11.3 Å². The Morgan fingerprint density at radius 2 is 1.93 bits per heavy atom. The summed E-state index contributed by atoms with van der Waals surface area (Å²) < 4.78 is 0. The molecular weight excluding hydrogens is 188 g/mol. The van der Waals surface area contributed by atoms with Gasteiger partial charge in [0.1, 0.15) is 0 Å². The third kappa shape index (κ3) is 3.70. The fourth-order valence-electron chi connectivity index (χ4n) is 2.23. The highest BCUT2D eigenvalue weighted by Crippen LogP contribution is 2.20. The first-order valence-electron chi connectivity index (χ1n) is 6.03. The Balaban J connectivity index is 2.55. The largest absolute Gasteiger partial charge is 0.342 e. The molecule has 0 aliphatic heterocycles. The lowest BCUT2D eigenvalue weighted by molar-refractivity contribution is 0.320. The van der Waals surface area contributed by atoms with Crippen molar-refractivity contribution in [1.29, 1.82) is 0 Å². The number of rotatable bonds is 2. The van der Waals surface area contributed by atoms with Crippen LogP contribution in [-0.4, -0.2) is 30.5 Å². The van der Waals surface area contributed by atoms with Crippen molar-refractivity contribution in [3.63, 3.8) is 0 Å². The molecule has 0 bridgehead atoms. The van der Waals surface area contributed by atoms with Gasteiger partial charge in [0.05, 0.1) is 0 Å². The van der Waals surface area contributed by atoms with Crippen molar-refractivity contribution in [1.82, 2.24) is 10.3 Å². The Labute approximate surface area is 92.9 Å². The van der Waals surface area contributed by atoms with Gasteiger partial charge in [-0.2, -0.15) is 0 Å². The fourth-order valence-corrected chi connectivity index (χ4v) is 2.23. The van der Waals surface area contributed by atoms with Gasteiger partial charge in [-0.25, -0.2) is 5.84 Å². The molecule has 1 aliphatic carbocycles. The molecule has 0 radical (unpaired) electrons. The zero-order valence-corrected chi connectivity index (χ0v) is 10.00. The van der Waals surface area contributed by atoms with E-state index in [1.54, 1.807) is 0 Å². The molecule has 0 spiro atoms. The summed E-state index contributed by atoms with van der Waals surface area (Å²) in [6, 6.07) is 0.605. The summed E-state index contributed by atoms with van der Waals surface area (Å²) in [5.41, 5.74) is 2.70. The van der Waals surface area contributed by atoms with Crippen LogP contribution in [0.15, 0.2) is 4.99 Å². The maximum absolute atomic E-state index is 5.48. The van der Waals surface area contributed by atoms with Gasteiger partial charge in [0.25, 0.3) is 0 Å². The number of nitrogens with two attached hydrogens (primary N) is 1. The molecule has 4 nitrogen and oxygen atoms in total. The van der Waals surface area contributed by atoms with Gasteiger partial charge in [-0.15, -0.1) is 0 Å². The summed E-state index contributed by atoms with van der Waals surface area (Å²) >= 11 is 0. The predicted molar refractivity (Wildman–Crippen MR) is 64.6 cm³/mol. The van der Waals surface area contributed by atoms with Gasteiger partial charge in [-0.3, -0.25) is 10.4 Å². The first kappa shape index (κ1) is 12.3. The second kappa shape index (κ2) is 6.67. The highest BCUT2D eigenvalue weighted by molar-refractivity contribution is 5.79. The quantitative estimate of drug-likeness (QED) is 0.240. The Hall–Kier alpha value is -0.770.